The van der Waals surface area contributed by atoms with Crippen molar-refractivity contribution in [2.75, 3.05) is 6.54 Å². The molecule has 0 saturated carbocycles. The fourth-order valence-electron chi connectivity index (χ4n) is 3.97. The van der Waals surface area contributed by atoms with Crippen molar-refractivity contribution in [3.8, 4) is 0 Å². The van der Waals surface area contributed by atoms with Crippen LogP contribution in [0.5, 0.6) is 0 Å². The van der Waals surface area contributed by atoms with E-state index in [4.69, 9.17) is 0 Å². The fourth-order valence-corrected chi connectivity index (χ4v) is 4.48. The number of halogens is 5. The zero-order chi connectivity index (χ0) is 23.8. The van der Waals surface area contributed by atoms with Gasteiger partial charge in [-0.15, -0.1) is 0 Å². The van der Waals surface area contributed by atoms with E-state index in [1.54, 1.807) is 6.07 Å². The van der Waals surface area contributed by atoms with Crippen molar-refractivity contribution in [3.05, 3.63) is 51.3 Å². The van der Waals surface area contributed by atoms with Crippen LogP contribution >= 0.6 is 15.9 Å². The van der Waals surface area contributed by atoms with Crippen LogP contribution in [0.3, 0.4) is 0 Å². The smallest absolute Gasteiger partial charge is 0.335 e. The summed E-state index contributed by atoms with van der Waals surface area (Å²) in [7, 11) is 0. The molecule has 0 fully saturated rings. The molecule has 5 nitrogen and oxygen atoms in total. The Morgan fingerprint density at radius 1 is 1.25 bits per heavy atom. The molecular formula is C22H27BrF4N4O. The van der Waals surface area contributed by atoms with Gasteiger partial charge in [-0.05, 0) is 67.2 Å². The first-order valence-corrected chi connectivity index (χ1v) is 11.2. The lowest BCUT2D eigenvalue weighted by molar-refractivity contribution is -0.148. The highest BCUT2D eigenvalue weighted by atomic mass is 79.9. The Bertz CT molecular complexity index is 997. The number of benzene rings is 1. The highest BCUT2D eigenvalue weighted by molar-refractivity contribution is 9.10. The zero-order valence-corrected chi connectivity index (χ0v) is 20.1. The molecule has 0 radical (unpaired) electrons. The summed E-state index contributed by atoms with van der Waals surface area (Å²) in [6.07, 6.45) is -4.14. The van der Waals surface area contributed by atoms with Gasteiger partial charge in [0.25, 0.3) is 0 Å². The molecular weight excluding hydrogens is 492 g/mol. The molecule has 1 atom stereocenters. The lowest BCUT2D eigenvalue weighted by Crippen LogP contribution is -2.48. The standard InChI is InChI=1S/C22H27BrF4N4O/c1-13-5-6-14(16(24)9-13)10-15(29-21(2,3)4)11-18(32)30-7-8-31-17(12-30)19(23)28-20(31)22(25,26)27/h5-6,9,15,29H,7-8,10-12H2,1-4H3. The van der Waals surface area contributed by atoms with Crippen molar-refractivity contribution in [1.82, 2.24) is 19.8 Å². The number of alkyl halides is 3. The van der Waals surface area contributed by atoms with Gasteiger partial charge in [0.05, 0.1) is 12.2 Å². The number of carbonyl (C=O) groups is 1. The molecule has 1 aliphatic rings. The number of hydrogen-bond donors (Lipinski definition) is 1. The third-order valence-corrected chi connectivity index (χ3v) is 5.93. The number of carbonyl (C=O) groups excluding carboxylic acids is 1. The maximum Gasteiger partial charge on any atom is 0.449 e. The number of nitrogens with one attached hydrogen (secondary N) is 1. The van der Waals surface area contributed by atoms with Gasteiger partial charge in [-0.3, -0.25) is 4.79 Å². The number of amides is 1. The summed E-state index contributed by atoms with van der Waals surface area (Å²) in [6, 6.07) is 4.69. The summed E-state index contributed by atoms with van der Waals surface area (Å²) in [5, 5.41) is 3.38. The normalized spacial score (nSPS) is 15.6. The fraction of sp³-hybridized carbons (Fsp3) is 0.545. The Morgan fingerprint density at radius 2 is 1.94 bits per heavy atom. The minimum absolute atomic E-state index is 0.0124. The second-order valence-electron chi connectivity index (χ2n) is 9.23. The van der Waals surface area contributed by atoms with E-state index in [1.807, 2.05) is 33.8 Å². The predicted molar refractivity (Wildman–Crippen MR) is 116 cm³/mol. The number of fused-ring (bicyclic) bond motifs is 1. The maximum atomic E-state index is 14.4. The lowest BCUT2D eigenvalue weighted by atomic mass is 9.97. The minimum atomic E-state index is -4.56. The van der Waals surface area contributed by atoms with Gasteiger partial charge < -0.3 is 14.8 Å². The lowest BCUT2D eigenvalue weighted by Gasteiger charge is -2.33. The molecule has 0 aliphatic carbocycles. The number of rotatable bonds is 5. The van der Waals surface area contributed by atoms with Gasteiger partial charge in [-0.25, -0.2) is 9.37 Å². The molecule has 0 bridgehead atoms. The quantitative estimate of drug-likeness (QED) is 0.576. The average molecular weight is 519 g/mol. The van der Waals surface area contributed by atoms with Crippen molar-refractivity contribution in [2.45, 2.75) is 71.4 Å². The summed E-state index contributed by atoms with van der Waals surface area (Å²) in [6.45, 7) is 7.90. The van der Waals surface area contributed by atoms with E-state index in [1.165, 1.54) is 11.0 Å². The highest BCUT2D eigenvalue weighted by Gasteiger charge is 2.40. The first kappa shape index (κ1) is 24.7. The number of aryl methyl sites for hydroxylation is 1. The van der Waals surface area contributed by atoms with Crippen LogP contribution in [0, 0.1) is 12.7 Å². The van der Waals surface area contributed by atoms with Gasteiger partial charge in [0, 0.05) is 31.1 Å². The molecule has 176 valence electrons. The monoisotopic (exact) mass is 518 g/mol. The first-order chi connectivity index (χ1) is 14.7. The Kier molecular flexibility index (Phi) is 7.05. The van der Waals surface area contributed by atoms with Crippen molar-refractivity contribution < 1.29 is 22.4 Å². The molecule has 32 heavy (non-hydrogen) atoms. The molecule has 1 aliphatic heterocycles. The second-order valence-corrected chi connectivity index (χ2v) is 9.98. The van der Waals surface area contributed by atoms with E-state index in [0.29, 0.717) is 17.7 Å². The third-order valence-electron chi connectivity index (χ3n) is 5.30. The van der Waals surface area contributed by atoms with Crippen LogP contribution in [-0.4, -0.2) is 38.5 Å². The van der Waals surface area contributed by atoms with Crippen LogP contribution < -0.4 is 5.32 Å². The average Bonchev–Trinajstić information content (AvgIpc) is 2.99. The second kappa shape index (κ2) is 9.13. The SMILES string of the molecule is Cc1ccc(CC(CC(=O)N2CCn3c(C(F)(F)F)nc(Br)c3C2)NC(C)(C)C)c(F)c1. The van der Waals surface area contributed by atoms with Crippen LogP contribution in [0.15, 0.2) is 22.8 Å². The van der Waals surface area contributed by atoms with Gasteiger partial charge >= 0.3 is 6.18 Å². The van der Waals surface area contributed by atoms with Crippen LogP contribution in [0.25, 0.3) is 0 Å². The van der Waals surface area contributed by atoms with E-state index >= 15 is 0 Å². The Hall–Kier alpha value is -1.94. The summed E-state index contributed by atoms with van der Waals surface area (Å²) in [5.74, 6) is -1.48. The van der Waals surface area contributed by atoms with E-state index in [-0.39, 0.29) is 54.0 Å². The van der Waals surface area contributed by atoms with Crippen molar-refractivity contribution in [2.24, 2.45) is 0 Å². The molecule has 0 spiro atoms. The summed E-state index contributed by atoms with van der Waals surface area (Å²) >= 11 is 3.10. The van der Waals surface area contributed by atoms with Crippen LogP contribution in [0.1, 0.15) is 49.8 Å². The van der Waals surface area contributed by atoms with Crippen molar-refractivity contribution in [3.63, 3.8) is 0 Å². The number of imidazole rings is 1. The molecule has 2 heterocycles. The molecule has 0 saturated heterocycles. The molecule has 3 rings (SSSR count). The predicted octanol–water partition coefficient (Wildman–Crippen LogP) is 4.84. The number of hydrogen-bond acceptors (Lipinski definition) is 3. The van der Waals surface area contributed by atoms with Crippen molar-refractivity contribution >= 4 is 21.8 Å². The van der Waals surface area contributed by atoms with E-state index in [0.717, 1.165) is 10.1 Å². The summed E-state index contributed by atoms with van der Waals surface area (Å²) < 4.78 is 55.3. The molecule has 1 N–H and O–H groups in total. The largest absolute Gasteiger partial charge is 0.449 e. The first-order valence-electron chi connectivity index (χ1n) is 10.4. The molecule has 1 aromatic heterocycles. The Labute approximate surface area is 193 Å². The van der Waals surface area contributed by atoms with Gasteiger partial charge in [0.15, 0.2) is 0 Å². The molecule has 10 heteroatoms. The minimum Gasteiger partial charge on any atom is -0.335 e. The van der Waals surface area contributed by atoms with Gasteiger partial charge in [-0.2, -0.15) is 13.2 Å². The van der Waals surface area contributed by atoms with E-state index in [9.17, 15) is 22.4 Å². The third kappa shape index (κ3) is 5.89. The van der Waals surface area contributed by atoms with Gasteiger partial charge in [0.2, 0.25) is 11.7 Å². The van der Waals surface area contributed by atoms with Crippen LogP contribution in [0.4, 0.5) is 17.6 Å². The molecule has 2 aromatic rings. The summed E-state index contributed by atoms with van der Waals surface area (Å²) in [4.78, 5) is 18.2. The van der Waals surface area contributed by atoms with Crippen LogP contribution in [-0.2, 0) is 30.5 Å². The van der Waals surface area contributed by atoms with E-state index in [2.05, 4.69) is 26.2 Å². The Morgan fingerprint density at radius 3 is 2.53 bits per heavy atom. The van der Waals surface area contributed by atoms with Gasteiger partial charge in [-0.1, -0.05) is 12.1 Å². The zero-order valence-electron chi connectivity index (χ0n) is 18.5. The maximum absolute atomic E-state index is 14.4. The molecule has 1 amide bonds. The van der Waals surface area contributed by atoms with Crippen LogP contribution in [0.2, 0.25) is 0 Å². The summed E-state index contributed by atoms with van der Waals surface area (Å²) in [5.41, 5.74) is 1.34. The Balaban J connectivity index is 1.76. The highest BCUT2D eigenvalue weighted by Crippen LogP contribution is 2.34. The molecule has 1 unspecified atom stereocenters. The van der Waals surface area contributed by atoms with Crippen molar-refractivity contribution in [1.29, 1.82) is 0 Å². The molecule has 1 aromatic carbocycles. The number of aromatic nitrogens is 2. The topological polar surface area (TPSA) is 50.2 Å². The van der Waals surface area contributed by atoms with Gasteiger partial charge in [0.1, 0.15) is 10.4 Å². The van der Waals surface area contributed by atoms with E-state index < -0.39 is 12.0 Å². The number of nitrogens with zero attached hydrogens (tertiary/aromatic N) is 3.